The van der Waals surface area contributed by atoms with Gasteiger partial charge in [-0.05, 0) is 36.6 Å². The molecule has 1 aromatic heterocycles. The van der Waals surface area contributed by atoms with Gasteiger partial charge in [-0.3, -0.25) is 4.79 Å². The summed E-state index contributed by atoms with van der Waals surface area (Å²) >= 11 is 0. The number of nitrogens with zero attached hydrogens (tertiary/aromatic N) is 2. The topological polar surface area (TPSA) is 74.6 Å². The van der Waals surface area contributed by atoms with Crippen molar-refractivity contribution < 1.29 is 45.3 Å². The second-order valence-corrected chi connectivity index (χ2v) is 7.74. The van der Waals surface area contributed by atoms with Crippen molar-refractivity contribution in [2.75, 3.05) is 19.8 Å². The smallest absolute Gasteiger partial charge is 0.416 e. The minimum Gasteiger partial charge on any atom is -0.491 e. The summed E-state index contributed by atoms with van der Waals surface area (Å²) in [5, 5.41) is 6.80. The van der Waals surface area contributed by atoms with Gasteiger partial charge in [0.1, 0.15) is 25.6 Å². The Labute approximate surface area is 183 Å². The zero-order chi connectivity index (χ0) is 23.8. The van der Waals surface area contributed by atoms with Gasteiger partial charge in [-0.1, -0.05) is 0 Å². The summed E-state index contributed by atoms with van der Waals surface area (Å²) in [5.74, 6) is -0.0377. The number of hydrogen-bond acceptors (Lipinski definition) is 5. The van der Waals surface area contributed by atoms with Crippen LogP contribution in [0.3, 0.4) is 0 Å². The van der Waals surface area contributed by atoms with Crippen LogP contribution in [0.1, 0.15) is 28.0 Å². The van der Waals surface area contributed by atoms with Crippen molar-refractivity contribution in [3.8, 4) is 11.6 Å². The third kappa shape index (κ3) is 5.70. The Morgan fingerprint density at radius 3 is 2.67 bits per heavy atom. The van der Waals surface area contributed by atoms with Gasteiger partial charge in [-0.15, -0.1) is 0 Å². The number of aryl methyl sites for hydroxylation is 1. The molecule has 0 fully saturated rings. The highest BCUT2D eigenvalue weighted by Gasteiger charge is 2.33. The maximum absolute atomic E-state index is 13.0. The Morgan fingerprint density at radius 2 is 1.94 bits per heavy atom. The van der Waals surface area contributed by atoms with Crippen LogP contribution in [0, 0.1) is 0 Å². The van der Waals surface area contributed by atoms with E-state index in [1.807, 2.05) is 0 Å². The van der Waals surface area contributed by atoms with E-state index in [1.54, 1.807) is 0 Å². The van der Waals surface area contributed by atoms with Crippen LogP contribution >= 0.6 is 0 Å². The summed E-state index contributed by atoms with van der Waals surface area (Å²) in [6, 6.07) is 3.97. The zero-order valence-corrected chi connectivity index (χ0v) is 17.0. The molecule has 2 aliphatic heterocycles. The lowest BCUT2D eigenvalue weighted by atomic mass is 10.00. The molecule has 2 aliphatic rings. The Morgan fingerprint density at radius 1 is 1.15 bits per heavy atom. The third-order valence-corrected chi connectivity index (χ3v) is 5.17. The van der Waals surface area contributed by atoms with Crippen LogP contribution in [0.4, 0.5) is 26.3 Å². The molecule has 0 spiro atoms. The monoisotopic (exact) mass is 479 g/mol. The number of nitrogens with one attached hydrogen (secondary N) is 1. The van der Waals surface area contributed by atoms with Gasteiger partial charge in [-0.25, -0.2) is 4.68 Å². The number of ether oxygens (including phenoxy) is 3. The first-order chi connectivity index (χ1) is 15.5. The van der Waals surface area contributed by atoms with Crippen molar-refractivity contribution in [2.24, 2.45) is 0 Å². The molecule has 0 bridgehead atoms. The summed E-state index contributed by atoms with van der Waals surface area (Å²) in [4.78, 5) is 12.6. The molecular weight excluding hydrogens is 460 g/mol. The maximum Gasteiger partial charge on any atom is 0.416 e. The fraction of sp³-hybridized carbons (Fsp3) is 0.500. The maximum atomic E-state index is 13.0. The summed E-state index contributed by atoms with van der Waals surface area (Å²) < 4.78 is 92.9. The van der Waals surface area contributed by atoms with Crippen LogP contribution in [-0.4, -0.2) is 53.8 Å². The first kappa shape index (κ1) is 23.2. The van der Waals surface area contributed by atoms with E-state index in [4.69, 9.17) is 14.2 Å². The van der Waals surface area contributed by atoms with Crippen molar-refractivity contribution in [3.63, 3.8) is 0 Å². The van der Waals surface area contributed by atoms with E-state index >= 15 is 0 Å². The Hall–Kier alpha value is -2.96. The largest absolute Gasteiger partial charge is 0.491 e. The van der Waals surface area contributed by atoms with E-state index in [1.165, 1.54) is 16.8 Å². The molecule has 2 aromatic rings. The first-order valence-electron chi connectivity index (χ1n) is 10.0. The minimum atomic E-state index is -4.49. The van der Waals surface area contributed by atoms with Gasteiger partial charge in [0.15, 0.2) is 5.69 Å². The molecule has 33 heavy (non-hydrogen) atoms. The van der Waals surface area contributed by atoms with Crippen molar-refractivity contribution in [1.29, 1.82) is 0 Å². The number of aromatic nitrogens is 2. The van der Waals surface area contributed by atoms with Crippen molar-refractivity contribution in [1.82, 2.24) is 15.1 Å². The van der Waals surface area contributed by atoms with Crippen molar-refractivity contribution in [2.45, 2.75) is 43.9 Å². The number of carbonyl (C=O) groups excluding carboxylic acids is 1. The van der Waals surface area contributed by atoms with Crippen LogP contribution in [0.5, 0.6) is 11.6 Å². The minimum absolute atomic E-state index is 0.00880. The summed E-state index contributed by atoms with van der Waals surface area (Å²) in [7, 11) is 0. The second kappa shape index (κ2) is 8.76. The average molecular weight is 479 g/mol. The number of alkyl halides is 6. The number of halogens is 6. The van der Waals surface area contributed by atoms with E-state index in [-0.39, 0.29) is 44.2 Å². The number of hydrogen-bond donors (Lipinski definition) is 1. The Bertz CT molecular complexity index is 995. The van der Waals surface area contributed by atoms with E-state index in [2.05, 4.69) is 10.4 Å². The number of amides is 1. The summed E-state index contributed by atoms with van der Waals surface area (Å²) in [6.07, 6.45) is -9.35. The lowest BCUT2D eigenvalue weighted by Crippen LogP contribution is -2.43. The molecule has 4 rings (SSSR count). The molecule has 2 atom stereocenters. The Kier molecular flexibility index (Phi) is 6.16. The normalized spacial score (nSPS) is 20.7. The van der Waals surface area contributed by atoms with Gasteiger partial charge in [0.2, 0.25) is 5.88 Å². The summed E-state index contributed by atoms with van der Waals surface area (Å²) in [5.41, 5.74) is -0.464. The molecule has 13 heteroatoms. The van der Waals surface area contributed by atoms with Crippen LogP contribution < -0.4 is 14.8 Å². The highest BCUT2D eigenvalue weighted by atomic mass is 19.4. The Balaban J connectivity index is 1.36. The molecule has 1 aromatic carbocycles. The van der Waals surface area contributed by atoms with Crippen LogP contribution in [0.25, 0.3) is 0 Å². The number of benzene rings is 1. The molecule has 0 radical (unpaired) electrons. The lowest BCUT2D eigenvalue weighted by Gasteiger charge is -2.26. The number of rotatable bonds is 4. The van der Waals surface area contributed by atoms with Gasteiger partial charge in [0, 0.05) is 12.6 Å². The summed E-state index contributed by atoms with van der Waals surface area (Å²) in [6.45, 7) is -1.25. The van der Waals surface area contributed by atoms with Crippen LogP contribution in [0.2, 0.25) is 0 Å². The molecule has 0 saturated carbocycles. The number of fused-ring (bicyclic) bond motifs is 2. The first-order valence-corrected chi connectivity index (χ1v) is 10.0. The molecule has 0 aliphatic carbocycles. The number of carbonyl (C=O) groups is 1. The molecule has 7 nitrogen and oxygen atoms in total. The molecule has 3 heterocycles. The van der Waals surface area contributed by atoms with Gasteiger partial charge in [-0.2, -0.15) is 31.4 Å². The third-order valence-electron chi connectivity index (χ3n) is 5.17. The molecular formula is C20H19F6N3O4. The fourth-order valence-electron chi connectivity index (χ4n) is 3.58. The van der Waals surface area contributed by atoms with Crippen LogP contribution in [0.15, 0.2) is 24.3 Å². The predicted molar refractivity (Wildman–Crippen MR) is 100 cm³/mol. The molecule has 0 saturated heterocycles. The van der Waals surface area contributed by atoms with E-state index < -0.39 is 42.6 Å². The predicted octanol–water partition coefficient (Wildman–Crippen LogP) is 3.37. The van der Waals surface area contributed by atoms with E-state index in [9.17, 15) is 31.1 Å². The standard InChI is InChI=1S/C20H19F6N3O4/c21-19(22,23)10-33-14-3-4-29-17(32-9-14)7-15(28-29)18(30)27-13-6-11-5-12(20(24,25)26)1-2-16(11)31-8-13/h1-2,5,7,13-14H,3-4,6,8-10H2,(H,27,30)/t13-,14?/m1/s1. The molecule has 180 valence electrons. The zero-order valence-electron chi connectivity index (χ0n) is 17.0. The van der Waals surface area contributed by atoms with Gasteiger partial charge >= 0.3 is 12.4 Å². The van der Waals surface area contributed by atoms with Crippen molar-refractivity contribution >= 4 is 5.91 Å². The molecule has 1 amide bonds. The van der Waals surface area contributed by atoms with Gasteiger partial charge < -0.3 is 19.5 Å². The van der Waals surface area contributed by atoms with Gasteiger partial charge in [0.25, 0.3) is 5.91 Å². The SMILES string of the molecule is O=C(N[C@H]1COc2ccc(C(F)(F)F)cc2C1)c1cc2n(n1)CCC(OCC(F)(F)F)CO2. The molecule has 1 N–H and O–H groups in total. The van der Waals surface area contributed by atoms with E-state index in [0.29, 0.717) is 11.3 Å². The van der Waals surface area contributed by atoms with Crippen LogP contribution in [-0.2, 0) is 23.9 Å². The van der Waals surface area contributed by atoms with E-state index in [0.717, 1.165) is 12.1 Å². The second-order valence-electron chi connectivity index (χ2n) is 7.74. The fourth-order valence-corrected chi connectivity index (χ4v) is 3.58. The average Bonchev–Trinajstić information content (AvgIpc) is 3.05. The quantitative estimate of drug-likeness (QED) is 0.681. The molecule has 1 unspecified atom stereocenters. The van der Waals surface area contributed by atoms with Gasteiger partial charge in [0.05, 0.1) is 17.7 Å². The highest BCUT2D eigenvalue weighted by Crippen LogP contribution is 2.34. The van der Waals surface area contributed by atoms with Crippen molar-refractivity contribution in [3.05, 3.63) is 41.1 Å². The highest BCUT2D eigenvalue weighted by molar-refractivity contribution is 5.92. The lowest BCUT2D eigenvalue weighted by molar-refractivity contribution is -0.188.